The molecule has 0 spiro atoms. The molecule has 2 rings (SSSR count). The van der Waals surface area contributed by atoms with Gasteiger partial charge in [0.2, 0.25) is 0 Å². The van der Waals surface area contributed by atoms with Crippen LogP contribution in [-0.4, -0.2) is 22.7 Å². The molecule has 2 aromatic rings. The molecule has 0 saturated heterocycles. The average Bonchev–Trinajstić information content (AvgIpc) is 2.57. The van der Waals surface area contributed by atoms with Crippen molar-refractivity contribution < 1.29 is 23.4 Å². The summed E-state index contributed by atoms with van der Waals surface area (Å²) < 4.78 is 28.3. The van der Waals surface area contributed by atoms with Gasteiger partial charge < -0.3 is 14.2 Å². The number of nitrogens with zero attached hydrogens (tertiary/aromatic N) is 3. The van der Waals surface area contributed by atoms with E-state index >= 15 is 0 Å². The Morgan fingerprint density at radius 2 is 2.00 bits per heavy atom. The minimum Gasteiger partial charge on any atom is -0.490 e. The van der Waals surface area contributed by atoms with Crippen LogP contribution in [0.2, 0.25) is 0 Å². The van der Waals surface area contributed by atoms with E-state index in [1.165, 1.54) is 24.5 Å². The van der Waals surface area contributed by atoms with E-state index in [1.807, 2.05) is 6.92 Å². The van der Waals surface area contributed by atoms with Crippen LogP contribution in [0, 0.1) is 17.1 Å². The third-order valence-corrected chi connectivity index (χ3v) is 2.81. The Balaban J connectivity index is 1.90. The number of hydrogen-bond donors (Lipinski definition) is 0. The number of aromatic nitrogens is 2. The molecule has 7 nitrogen and oxygen atoms in total. The van der Waals surface area contributed by atoms with Crippen molar-refractivity contribution in [3.8, 4) is 23.6 Å². The van der Waals surface area contributed by atoms with Gasteiger partial charge in [0.1, 0.15) is 17.6 Å². The van der Waals surface area contributed by atoms with Crippen molar-refractivity contribution in [1.82, 2.24) is 9.97 Å². The highest BCUT2D eigenvalue weighted by atomic mass is 19.1. The third-order valence-electron chi connectivity index (χ3n) is 2.81. The molecular formula is C16H14FN3O4. The number of carbonyl (C=O) groups is 1. The standard InChI is InChI=1S/C16H14FN3O4/c1-2-3-6-22-13-9-19-15(20-10-13)24-16(21)23-12-5-4-11(8-18)14(17)7-12/h4-5,7,9-10H,2-3,6H2,1H3. The first-order chi connectivity index (χ1) is 11.6. The summed E-state index contributed by atoms with van der Waals surface area (Å²) in [6.07, 6.45) is 3.52. The van der Waals surface area contributed by atoms with Crippen LogP contribution in [0.5, 0.6) is 17.5 Å². The van der Waals surface area contributed by atoms with Crippen LogP contribution in [-0.2, 0) is 0 Å². The zero-order valence-electron chi connectivity index (χ0n) is 12.9. The van der Waals surface area contributed by atoms with Gasteiger partial charge in [0.05, 0.1) is 24.6 Å². The normalized spacial score (nSPS) is 9.88. The molecule has 0 aliphatic heterocycles. The molecule has 8 heteroatoms. The first-order valence-electron chi connectivity index (χ1n) is 7.16. The highest BCUT2D eigenvalue weighted by Gasteiger charge is 2.12. The van der Waals surface area contributed by atoms with E-state index in [-0.39, 0.29) is 17.3 Å². The lowest BCUT2D eigenvalue weighted by molar-refractivity contribution is 0.147. The van der Waals surface area contributed by atoms with Gasteiger partial charge in [-0.2, -0.15) is 15.2 Å². The number of hydrogen-bond acceptors (Lipinski definition) is 7. The Morgan fingerprint density at radius 3 is 2.62 bits per heavy atom. The van der Waals surface area contributed by atoms with Gasteiger partial charge in [0.25, 0.3) is 0 Å². The maximum absolute atomic E-state index is 13.4. The van der Waals surface area contributed by atoms with Gasteiger partial charge in [-0.3, -0.25) is 0 Å². The molecule has 0 fully saturated rings. The van der Waals surface area contributed by atoms with Crippen LogP contribution in [0.3, 0.4) is 0 Å². The Kier molecular flexibility index (Phi) is 6.02. The van der Waals surface area contributed by atoms with Crippen molar-refractivity contribution in [3.05, 3.63) is 42.0 Å². The fourth-order valence-electron chi connectivity index (χ4n) is 1.61. The van der Waals surface area contributed by atoms with Gasteiger partial charge in [-0.1, -0.05) is 13.3 Å². The van der Waals surface area contributed by atoms with Gasteiger partial charge in [-0.15, -0.1) is 0 Å². The van der Waals surface area contributed by atoms with Gasteiger partial charge in [0.15, 0.2) is 5.75 Å². The predicted octanol–water partition coefficient (Wildman–Crippen LogP) is 3.24. The Morgan fingerprint density at radius 1 is 1.25 bits per heavy atom. The van der Waals surface area contributed by atoms with Crippen LogP contribution in [0.15, 0.2) is 30.6 Å². The van der Waals surface area contributed by atoms with E-state index in [0.29, 0.717) is 12.4 Å². The van der Waals surface area contributed by atoms with Gasteiger partial charge >= 0.3 is 12.2 Å². The average molecular weight is 331 g/mol. The number of carbonyl (C=O) groups excluding carboxylic acids is 1. The van der Waals surface area contributed by atoms with E-state index in [1.54, 1.807) is 6.07 Å². The molecule has 0 amide bonds. The number of unbranched alkanes of at least 4 members (excludes halogenated alkanes) is 1. The highest BCUT2D eigenvalue weighted by molar-refractivity contribution is 5.66. The molecule has 0 aliphatic rings. The second-order valence-electron chi connectivity index (χ2n) is 4.61. The number of nitriles is 1. The third kappa shape index (κ3) is 4.91. The van der Waals surface area contributed by atoms with Gasteiger partial charge in [-0.05, 0) is 18.6 Å². The number of benzene rings is 1. The lowest BCUT2D eigenvalue weighted by atomic mass is 10.2. The molecule has 124 valence electrons. The van der Waals surface area contributed by atoms with E-state index < -0.39 is 12.0 Å². The van der Waals surface area contributed by atoms with Crippen molar-refractivity contribution in [1.29, 1.82) is 5.26 Å². The molecule has 1 heterocycles. The molecule has 24 heavy (non-hydrogen) atoms. The van der Waals surface area contributed by atoms with Crippen LogP contribution in [0.25, 0.3) is 0 Å². The van der Waals surface area contributed by atoms with Crippen molar-refractivity contribution in [2.24, 2.45) is 0 Å². The molecule has 0 N–H and O–H groups in total. The minimum absolute atomic E-state index is 0.101. The van der Waals surface area contributed by atoms with Crippen molar-refractivity contribution >= 4 is 6.16 Å². The summed E-state index contributed by atoms with van der Waals surface area (Å²) in [5.41, 5.74) is -0.155. The zero-order chi connectivity index (χ0) is 17.4. The van der Waals surface area contributed by atoms with Gasteiger partial charge in [-0.25, -0.2) is 9.18 Å². The van der Waals surface area contributed by atoms with Crippen LogP contribution in [0.1, 0.15) is 25.3 Å². The first-order valence-corrected chi connectivity index (χ1v) is 7.16. The molecule has 0 radical (unpaired) electrons. The summed E-state index contributed by atoms with van der Waals surface area (Å²) in [6, 6.07) is 4.81. The summed E-state index contributed by atoms with van der Waals surface area (Å²) in [7, 11) is 0. The monoisotopic (exact) mass is 331 g/mol. The number of halogens is 1. The molecular weight excluding hydrogens is 317 g/mol. The summed E-state index contributed by atoms with van der Waals surface area (Å²) in [4.78, 5) is 19.2. The zero-order valence-corrected chi connectivity index (χ0v) is 12.9. The molecule has 0 atom stereocenters. The fourth-order valence-corrected chi connectivity index (χ4v) is 1.61. The van der Waals surface area contributed by atoms with Crippen LogP contribution >= 0.6 is 0 Å². The Bertz CT molecular complexity index is 744. The quantitative estimate of drug-likeness (QED) is 0.455. The topological polar surface area (TPSA) is 94.3 Å². The summed E-state index contributed by atoms with van der Waals surface area (Å²) >= 11 is 0. The maximum atomic E-state index is 13.4. The van der Waals surface area contributed by atoms with Crippen molar-refractivity contribution in [2.75, 3.05) is 6.61 Å². The molecule has 0 saturated carbocycles. The SMILES string of the molecule is CCCCOc1cnc(OC(=O)Oc2ccc(C#N)c(F)c2)nc1. The summed E-state index contributed by atoms with van der Waals surface area (Å²) in [6.45, 7) is 2.59. The predicted molar refractivity (Wildman–Crippen MR) is 80.2 cm³/mol. The smallest absolute Gasteiger partial charge is 0.490 e. The molecule has 0 unspecified atom stereocenters. The largest absolute Gasteiger partial charge is 0.521 e. The maximum Gasteiger partial charge on any atom is 0.521 e. The Labute approximate surface area is 137 Å². The number of ether oxygens (including phenoxy) is 3. The lowest BCUT2D eigenvalue weighted by Gasteiger charge is -2.06. The van der Waals surface area contributed by atoms with Crippen LogP contribution in [0.4, 0.5) is 9.18 Å². The fraction of sp³-hybridized carbons (Fsp3) is 0.250. The summed E-state index contributed by atoms with van der Waals surface area (Å²) in [5.74, 6) is -0.443. The number of rotatable bonds is 6. The second-order valence-corrected chi connectivity index (χ2v) is 4.61. The second kappa shape index (κ2) is 8.43. The van der Waals surface area contributed by atoms with E-state index in [4.69, 9.17) is 19.5 Å². The summed E-state index contributed by atoms with van der Waals surface area (Å²) in [5, 5.41) is 8.63. The molecule has 1 aromatic carbocycles. The highest BCUT2D eigenvalue weighted by Crippen LogP contribution is 2.17. The van der Waals surface area contributed by atoms with Crippen LogP contribution < -0.4 is 14.2 Å². The van der Waals surface area contributed by atoms with Gasteiger partial charge in [0, 0.05) is 6.07 Å². The lowest BCUT2D eigenvalue weighted by Crippen LogP contribution is -2.15. The van der Waals surface area contributed by atoms with Crippen molar-refractivity contribution in [3.63, 3.8) is 0 Å². The molecule has 0 bridgehead atoms. The minimum atomic E-state index is -1.13. The van der Waals surface area contributed by atoms with E-state index in [0.717, 1.165) is 18.9 Å². The van der Waals surface area contributed by atoms with Crippen molar-refractivity contribution in [2.45, 2.75) is 19.8 Å². The first kappa shape index (κ1) is 17.1. The van der Waals surface area contributed by atoms with E-state index in [9.17, 15) is 9.18 Å². The van der Waals surface area contributed by atoms with E-state index in [2.05, 4.69) is 9.97 Å². The molecule has 1 aromatic heterocycles. The Hall–Kier alpha value is -3.21. The molecule has 0 aliphatic carbocycles.